The number of likely N-dealkylation sites (tertiary alicyclic amines) is 1. The minimum Gasteiger partial charge on any atom is -0.490 e. The fourth-order valence-electron chi connectivity index (χ4n) is 4.47. The monoisotopic (exact) mass is 414 g/mol. The summed E-state index contributed by atoms with van der Waals surface area (Å²) < 4.78 is 6.09. The summed E-state index contributed by atoms with van der Waals surface area (Å²) in [7, 11) is 0. The molecule has 0 bridgehead atoms. The fraction of sp³-hybridized carbons (Fsp3) is 0.458. The van der Waals surface area contributed by atoms with Gasteiger partial charge in [0.2, 0.25) is 5.91 Å². The number of hydrogen-bond acceptors (Lipinski definition) is 3. The van der Waals surface area contributed by atoms with Crippen molar-refractivity contribution in [2.45, 2.75) is 56.6 Å². The standard InChI is InChI=1S/C24H30N2O2.ClH/c25-23-17-26(16-22(23)19-8-2-1-3-9-19)24(27)14-13-18-7-6-12-21(15-18)28-20-10-4-5-11-20;/h1-3,6-9,12,15,20,22-23H,4-5,10-11,13-14,16-17,25H2;1H/t22-,23+;/m0./s1. The third kappa shape index (κ3) is 5.52. The molecule has 2 aliphatic rings. The smallest absolute Gasteiger partial charge is 0.222 e. The van der Waals surface area contributed by atoms with Crippen molar-refractivity contribution < 1.29 is 9.53 Å². The lowest BCUT2D eigenvalue weighted by atomic mass is 9.95. The Morgan fingerprint density at radius 1 is 1.03 bits per heavy atom. The number of halogens is 1. The molecule has 1 saturated heterocycles. The lowest BCUT2D eigenvalue weighted by Crippen LogP contribution is -2.32. The van der Waals surface area contributed by atoms with E-state index in [1.807, 2.05) is 35.2 Å². The van der Waals surface area contributed by atoms with Crippen LogP contribution >= 0.6 is 12.4 Å². The number of ether oxygens (including phenoxy) is 1. The number of carbonyl (C=O) groups excluding carboxylic acids is 1. The summed E-state index contributed by atoms with van der Waals surface area (Å²) in [4.78, 5) is 14.7. The zero-order chi connectivity index (χ0) is 19.3. The van der Waals surface area contributed by atoms with Crippen LogP contribution in [0.15, 0.2) is 54.6 Å². The molecule has 2 aromatic rings. The molecule has 2 aromatic carbocycles. The maximum absolute atomic E-state index is 12.7. The van der Waals surface area contributed by atoms with Crippen LogP contribution in [0.4, 0.5) is 0 Å². The van der Waals surface area contributed by atoms with Gasteiger partial charge in [-0.2, -0.15) is 0 Å². The molecule has 1 saturated carbocycles. The predicted octanol–water partition coefficient (Wildman–Crippen LogP) is 4.32. The van der Waals surface area contributed by atoms with Crippen LogP contribution in [0, 0.1) is 0 Å². The van der Waals surface area contributed by atoms with E-state index in [2.05, 4.69) is 24.3 Å². The van der Waals surface area contributed by atoms with Crippen LogP contribution in [-0.2, 0) is 11.2 Å². The third-order valence-electron chi connectivity index (χ3n) is 6.08. The maximum atomic E-state index is 12.7. The topological polar surface area (TPSA) is 55.6 Å². The van der Waals surface area contributed by atoms with E-state index in [4.69, 9.17) is 10.5 Å². The van der Waals surface area contributed by atoms with Gasteiger partial charge in [0.15, 0.2) is 0 Å². The van der Waals surface area contributed by atoms with E-state index in [1.54, 1.807) is 0 Å². The number of hydrogen-bond donors (Lipinski definition) is 1. The van der Waals surface area contributed by atoms with Gasteiger partial charge in [0, 0.05) is 31.5 Å². The van der Waals surface area contributed by atoms with Crippen molar-refractivity contribution in [1.82, 2.24) is 4.90 Å². The molecule has 2 atom stereocenters. The summed E-state index contributed by atoms with van der Waals surface area (Å²) in [6.45, 7) is 1.36. The van der Waals surface area contributed by atoms with Gasteiger partial charge in [-0.1, -0.05) is 42.5 Å². The Bertz CT molecular complexity index is 792. The highest BCUT2D eigenvalue weighted by molar-refractivity contribution is 5.85. The summed E-state index contributed by atoms with van der Waals surface area (Å²) in [5.41, 5.74) is 8.72. The minimum absolute atomic E-state index is 0. The molecular formula is C24H31ClN2O2. The van der Waals surface area contributed by atoms with Crippen molar-refractivity contribution in [2.75, 3.05) is 13.1 Å². The van der Waals surface area contributed by atoms with Gasteiger partial charge >= 0.3 is 0 Å². The lowest BCUT2D eigenvalue weighted by Gasteiger charge is -2.17. The molecule has 1 heterocycles. The van der Waals surface area contributed by atoms with Gasteiger partial charge in [-0.25, -0.2) is 0 Å². The van der Waals surface area contributed by atoms with Gasteiger partial charge in [-0.3, -0.25) is 4.79 Å². The minimum atomic E-state index is 0. The summed E-state index contributed by atoms with van der Waals surface area (Å²) in [5, 5.41) is 0. The summed E-state index contributed by atoms with van der Waals surface area (Å²) in [6, 6.07) is 18.5. The van der Waals surface area contributed by atoms with E-state index in [0.29, 0.717) is 19.1 Å². The van der Waals surface area contributed by atoms with Crippen LogP contribution in [0.2, 0.25) is 0 Å². The molecule has 4 nitrogen and oxygen atoms in total. The van der Waals surface area contributed by atoms with Crippen LogP contribution in [0.25, 0.3) is 0 Å². The van der Waals surface area contributed by atoms with Crippen LogP contribution in [0.5, 0.6) is 5.75 Å². The normalized spacial score (nSPS) is 21.8. The van der Waals surface area contributed by atoms with E-state index in [1.165, 1.54) is 18.4 Å². The molecule has 0 unspecified atom stereocenters. The van der Waals surface area contributed by atoms with Crippen molar-refractivity contribution in [3.63, 3.8) is 0 Å². The molecule has 0 spiro atoms. The zero-order valence-corrected chi connectivity index (χ0v) is 17.7. The van der Waals surface area contributed by atoms with Crippen molar-refractivity contribution in [3.8, 4) is 5.75 Å². The number of amides is 1. The van der Waals surface area contributed by atoms with Crippen molar-refractivity contribution >= 4 is 18.3 Å². The molecule has 4 rings (SSSR count). The highest BCUT2D eigenvalue weighted by atomic mass is 35.5. The highest BCUT2D eigenvalue weighted by Crippen LogP contribution is 2.27. The van der Waals surface area contributed by atoms with E-state index < -0.39 is 0 Å². The third-order valence-corrected chi connectivity index (χ3v) is 6.08. The molecule has 0 radical (unpaired) electrons. The SMILES string of the molecule is Cl.N[C@@H]1CN(C(=O)CCc2cccc(OC3CCCC3)c2)C[C@H]1c1ccccc1. The molecule has 1 aliphatic carbocycles. The average Bonchev–Trinajstić information content (AvgIpc) is 3.37. The first-order chi connectivity index (χ1) is 13.7. The Balaban J connectivity index is 0.00000240. The van der Waals surface area contributed by atoms with Gasteiger partial charge in [-0.05, 0) is 55.4 Å². The number of rotatable bonds is 6. The molecule has 0 aromatic heterocycles. The van der Waals surface area contributed by atoms with Crippen LogP contribution in [0.3, 0.4) is 0 Å². The first kappa shape index (κ1) is 21.7. The quantitative estimate of drug-likeness (QED) is 0.765. The summed E-state index contributed by atoms with van der Waals surface area (Å²) >= 11 is 0. The van der Waals surface area contributed by atoms with Gasteiger partial charge in [-0.15, -0.1) is 12.4 Å². The highest BCUT2D eigenvalue weighted by Gasteiger charge is 2.33. The van der Waals surface area contributed by atoms with E-state index in [0.717, 1.165) is 37.1 Å². The zero-order valence-electron chi connectivity index (χ0n) is 16.8. The fourth-order valence-corrected chi connectivity index (χ4v) is 4.47. The largest absolute Gasteiger partial charge is 0.490 e. The number of nitrogens with two attached hydrogens (primary N) is 1. The number of benzene rings is 2. The summed E-state index contributed by atoms with van der Waals surface area (Å²) in [6.07, 6.45) is 6.45. The van der Waals surface area contributed by atoms with Gasteiger partial charge < -0.3 is 15.4 Å². The Labute approximate surface area is 179 Å². The molecule has 1 amide bonds. The second-order valence-corrected chi connectivity index (χ2v) is 8.15. The second-order valence-electron chi connectivity index (χ2n) is 8.15. The molecule has 2 fully saturated rings. The van der Waals surface area contributed by atoms with Crippen molar-refractivity contribution in [2.24, 2.45) is 5.73 Å². The Morgan fingerprint density at radius 3 is 2.55 bits per heavy atom. The first-order valence-corrected chi connectivity index (χ1v) is 10.5. The molecule has 2 N–H and O–H groups in total. The Hall–Kier alpha value is -2.04. The number of carbonyl (C=O) groups is 1. The maximum Gasteiger partial charge on any atom is 0.222 e. The van der Waals surface area contributed by atoms with E-state index in [-0.39, 0.29) is 30.3 Å². The predicted molar refractivity (Wildman–Crippen MR) is 119 cm³/mol. The van der Waals surface area contributed by atoms with E-state index >= 15 is 0 Å². The second kappa shape index (κ2) is 10.1. The van der Waals surface area contributed by atoms with E-state index in [9.17, 15) is 4.79 Å². The van der Waals surface area contributed by atoms with Crippen LogP contribution in [0.1, 0.15) is 49.1 Å². The molecule has 5 heteroatoms. The first-order valence-electron chi connectivity index (χ1n) is 10.5. The summed E-state index contributed by atoms with van der Waals surface area (Å²) in [5.74, 6) is 1.36. The van der Waals surface area contributed by atoms with Crippen molar-refractivity contribution in [3.05, 3.63) is 65.7 Å². The van der Waals surface area contributed by atoms with Crippen LogP contribution in [-0.4, -0.2) is 36.0 Å². The van der Waals surface area contributed by atoms with Gasteiger partial charge in [0.1, 0.15) is 5.75 Å². The average molecular weight is 415 g/mol. The lowest BCUT2D eigenvalue weighted by molar-refractivity contribution is -0.130. The van der Waals surface area contributed by atoms with Crippen molar-refractivity contribution in [1.29, 1.82) is 0 Å². The molecule has 1 aliphatic heterocycles. The Kier molecular flexibility index (Phi) is 7.57. The van der Waals surface area contributed by atoms with Gasteiger partial charge in [0.25, 0.3) is 0 Å². The molecular weight excluding hydrogens is 384 g/mol. The number of aryl methyl sites for hydroxylation is 1. The molecule has 29 heavy (non-hydrogen) atoms. The Morgan fingerprint density at radius 2 is 1.79 bits per heavy atom. The van der Waals surface area contributed by atoms with Crippen LogP contribution < -0.4 is 10.5 Å². The molecule has 156 valence electrons. The number of nitrogens with zero attached hydrogens (tertiary/aromatic N) is 1. The van der Waals surface area contributed by atoms with Gasteiger partial charge in [0.05, 0.1) is 6.10 Å².